The highest BCUT2D eigenvalue weighted by Crippen LogP contribution is 2.30. The maximum Gasteiger partial charge on any atom is 0.128 e. The summed E-state index contributed by atoms with van der Waals surface area (Å²) in [7, 11) is 0. The summed E-state index contributed by atoms with van der Waals surface area (Å²) in [4.78, 5) is 16.2. The van der Waals surface area contributed by atoms with E-state index >= 15 is 0 Å². The molecule has 1 unspecified atom stereocenters. The molecule has 4 aromatic rings. The molecule has 7 heteroatoms. The van der Waals surface area contributed by atoms with E-state index in [4.69, 9.17) is 9.72 Å². The molecule has 7 nitrogen and oxygen atoms in total. The van der Waals surface area contributed by atoms with Crippen LogP contribution >= 0.6 is 0 Å². The van der Waals surface area contributed by atoms with Crippen LogP contribution in [0.15, 0.2) is 60.9 Å². The molecular weight excluding hydrogens is 412 g/mol. The van der Waals surface area contributed by atoms with Gasteiger partial charge < -0.3 is 25.3 Å². The Kier molecular flexibility index (Phi) is 5.41. The predicted molar refractivity (Wildman–Crippen MR) is 128 cm³/mol. The number of hydrogen-bond donors (Lipinski definition) is 4. The molecule has 2 aromatic carbocycles. The SMILES string of the molecule is c1cc(Oc2ccc(-c3cnc(C4CCCN4)[nH]3)cc2)cc(-c2c[nH]c([C@@H]3CCCN3)n2)c1. The molecule has 0 saturated carbocycles. The standard InChI is InChI=1S/C26H28N6O/c1-4-18(24-16-30-26(32-24)22-7-3-13-28-22)14-20(5-1)33-19-10-8-17(9-11-19)23-15-29-25(31-23)21-6-2-12-27-21/h1,4-5,8-11,14-16,21-22,27-28H,2-3,6-7,12-13H2,(H,29,31)(H,30,32)/t21?,22-/m0/s1. The Balaban J connectivity index is 1.15. The molecule has 4 heterocycles. The van der Waals surface area contributed by atoms with Crippen LogP contribution in [0.4, 0.5) is 0 Å². The molecule has 2 saturated heterocycles. The Morgan fingerprint density at radius 3 is 2.36 bits per heavy atom. The molecule has 0 bridgehead atoms. The van der Waals surface area contributed by atoms with Gasteiger partial charge in [-0.15, -0.1) is 0 Å². The van der Waals surface area contributed by atoms with Crippen molar-refractivity contribution in [2.45, 2.75) is 37.8 Å². The number of aromatic amines is 2. The van der Waals surface area contributed by atoms with E-state index in [1.807, 2.05) is 42.7 Å². The fourth-order valence-electron chi connectivity index (χ4n) is 4.72. The van der Waals surface area contributed by atoms with E-state index in [0.29, 0.717) is 12.1 Å². The molecule has 168 valence electrons. The number of rotatable bonds is 6. The van der Waals surface area contributed by atoms with Crippen LogP contribution in [0.25, 0.3) is 22.5 Å². The number of imidazole rings is 2. The average molecular weight is 441 g/mol. The predicted octanol–water partition coefficient (Wildman–Crippen LogP) is 5.11. The highest BCUT2D eigenvalue weighted by atomic mass is 16.5. The largest absolute Gasteiger partial charge is 0.457 e. The molecule has 2 aromatic heterocycles. The molecule has 2 atom stereocenters. The lowest BCUT2D eigenvalue weighted by molar-refractivity contribution is 0.483. The Morgan fingerprint density at radius 2 is 1.61 bits per heavy atom. The molecule has 33 heavy (non-hydrogen) atoms. The lowest BCUT2D eigenvalue weighted by atomic mass is 10.1. The molecule has 0 amide bonds. The van der Waals surface area contributed by atoms with Crippen molar-refractivity contribution in [2.24, 2.45) is 0 Å². The van der Waals surface area contributed by atoms with Gasteiger partial charge in [0.25, 0.3) is 0 Å². The number of aromatic nitrogens is 4. The van der Waals surface area contributed by atoms with Gasteiger partial charge in [-0.3, -0.25) is 0 Å². The quantitative estimate of drug-likeness (QED) is 0.335. The van der Waals surface area contributed by atoms with E-state index in [2.05, 4.69) is 43.8 Å². The summed E-state index contributed by atoms with van der Waals surface area (Å²) in [6, 6.07) is 16.9. The van der Waals surface area contributed by atoms with Crippen LogP contribution in [0.3, 0.4) is 0 Å². The lowest BCUT2D eigenvalue weighted by Gasteiger charge is -2.08. The summed E-state index contributed by atoms with van der Waals surface area (Å²) in [6.07, 6.45) is 8.55. The molecule has 0 aliphatic carbocycles. The van der Waals surface area contributed by atoms with Crippen molar-refractivity contribution >= 4 is 0 Å². The van der Waals surface area contributed by atoms with Crippen molar-refractivity contribution < 1.29 is 4.74 Å². The summed E-state index contributed by atoms with van der Waals surface area (Å²) < 4.78 is 6.14. The Hall–Kier alpha value is -3.42. The fourth-order valence-corrected chi connectivity index (χ4v) is 4.72. The molecule has 4 N–H and O–H groups in total. The minimum Gasteiger partial charge on any atom is -0.457 e. The van der Waals surface area contributed by atoms with Gasteiger partial charge in [-0.1, -0.05) is 12.1 Å². The number of nitrogens with one attached hydrogen (secondary N) is 4. The Bertz CT molecular complexity index is 1220. The Morgan fingerprint density at radius 1 is 0.818 bits per heavy atom. The zero-order valence-corrected chi connectivity index (χ0v) is 18.5. The smallest absolute Gasteiger partial charge is 0.128 e. The molecule has 2 aliphatic rings. The van der Waals surface area contributed by atoms with Gasteiger partial charge in [0, 0.05) is 11.8 Å². The minimum absolute atomic E-state index is 0.331. The van der Waals surface area contributed by atoms with Crippen LogP contribution in [0.5, 0.6) is 11.5 Å². The third kappa shape index (κ3) is 4.29. The summed E-state index contributed by atoms with van der Waals surface area (Å²) in [5.41, 5.74) is 4.09. The normalized spacial score (nSPS) is 20.4. The van der Waals surface area contributed by atoms with Gasteiger partial charge in [0.2, 0.25) is 0 Å². The van der Waals surface area contributed by atoms with Crippen molar-refractivity contribution in [3.05, 3.63) is 72.6 Å². The highest BCUT2D eigenvalue weighted by Gasteiger charge is 2.20. The second-order valence-electron chi connectivity index (χ2n) is 8.81. The summed E-state index contributed by atoms with van der Waals surface area (Å²) in [6.45, 7) is 2.12. The first kappa shape index (κ1) is 20.2. The van der Waals surface area contributed by atoms with Crippen LogP contribution in [-0.2, 0) is 0 Å². The van der Waals surface area contributed by atoms with Crippen LogP contribution < -0.4 is 15.4 Å². The Labute approximate surface area is 193 Å². The molecule has 2 fully saturated rings. The zero-order chi connectivity index (χ0) is 22.0. The summed E-state index contributed by atoms with van der Waals surface area (Å²) in [5, 5.41) is 6.97. The maximum absolute atomic E-state index is 6.14. The van der Waals surface area contributed by atoms with Gasteiger partial charge in [0.15, 0.2) is 0 Å². The second-order valence-corrected chi connectivity index (χ2v) is 8.81. The molecule has 6 rings (SSSR count). The minimum atomic E-state index is 0.331. The monoisotopic (exact) mass is 440 g/mol. The topological polar surface area (TPSA) is 90.6 Å². The number of ether oxygens (including phenoxy) is 1. The third-order valence-electron chi connectivity index (χ3n) is 6.50. The van der Waals surface area contributed by atoms with Crippen molar-refractivity contribution in [1.82, 2.24) is 30.6 Å². The van der Waals surface area contributed by atoms with E-state index in [-0.39, 0.29) is 0 Å². The van der Waals surface area contributed by atoms with Crippen LogP contribution in [0.1, 0.15) is 49.4 Å². The van der Waals surface area contributed by atoms with E-state index in [0.717, 1.165) is 71.6 Å². The average Bonchev–Trinajstić information content (AvgIpc) is 3.65. The van der Waals surface area contributed by atoms with Crippen molar-refractivity contribution in [1.29, 1.82) is 0 Å². The first-order chi connectivity index (χ1) is 16.3. The fraction of sp³-hybridized carbons (Fsp3) is 0.308. The van der Waals surface area contributed by atoms with Gasteiger partial charge in [-0.2, -0.15) is 0 Å². The van der Waals surface area contributed by atoms with Crippen molar-refractivity contribution in [3.63, 3.8) is 0 Å². The van der Waals surface area contributed by atoms with Gasteiger partial charge in [0.05, 0.1) is 29.7 Å². The lowest BCUT2D eigenvalue weighted by Crippen LogP contribution is -2.14. The van der Waals surface area contributed by atoms with Crippen molar-refractivity contribution in [2.75, 3.05) is 13.1 Å². The van der Waals surface area contributed by atoms with Crippen LogP contribution in [0, 0.1) is 0 Å². The molecule has 0 spiro atoms. The summed E-state index contributed by atoms with van der Waals surface area (Å²) >= 11 is 0. The highest BCUT2D eigenvalue weighted by molar-refractivity contribution is 5.62. The molecular formula is C26H28N6O. The van der Waals surface area contributed by atoms with Gasteiger partial charge in [-0.25, -0.2) is 9.97 Å². The third-order valence-corrected chi connectivity index (χ3v) is 6.50. The van der Waals surface area contributed by atoms with Crippen LogP contribution in [-0.4, -0.2) is 33.0 Å². The van der Waals surface area contributed by atoms with E-state index < -0.39 is 0 Å². The van der Waals surface area contributed by atoms with Gasteiger partial charge in [-0.05, 0) is 80.7 Å². The number of benzene rings is 2. The van der Waals surface area contributed by atoms with Gasteiger partial charge >= 0.3 is 0 Å². The zero-order valence-electron chi connectivity index (χ0n) is 18.5. The van der Waals surface area contributed by atoms with Crippen LogP contribution in [0.2, 0.25) is 0 Å². The second kappa shape index (κ2) is 8.84. The summed E-state index contributed by atoms with van der Waals surface area (Å²) in [5.74, 6) is 3.62. The number of nitrogens with zero attached hydrogens (tertiary/aromatic N) is 2. The molecule has 2 aliphatic heterocycles. The van der Waals surface area contributed by atoms with E-state index in [1.54, 1.807) is 0 Å². The van der Waals surface area contributed by atoms with Gasteiger partial charge in [0.1, 0.15) is 23.1 Å². The van der Waals surface area contributed by atoms with E-state index in [1.165, 1.54) is 12.8 Å². The maximum atomic E-state index is 6.14. The van der Waals surface area contributed by atoms with E-state index in [9.17, 15) is 0 Å². The number of H-pyrrole nitrogens is 2. The first-order valence-electron chi connectivity index (χ1n) is 11.8. The van der Waals surface area contributed by atoms with Crippen molar-refractivity contribution in [3.8, 4) is 34.0 Å². The molecule has 0 radical (unpaired) electrons. The first-order valence-corrected chi connectivity index (χ1v) is 11.8. The number of hydrogen-bond acceptors (Lipinski definition) is 5.